The standard InChI is InChI=1S/C14H18FN3O2/c1-2-17-7-9-18(10-8-17)14(20)13(19)16-12-5-3-11(15)4-6-12/h3-6H,2,7-10H2,1H3,(H,16,19). The Labute approximate surface area is 117 Å². The largest absolute Gasteiger partial charge is 0.332 e. The number of likely N-dealkylation sites (N-methyl/N-ethyl adjacent to an activating group) is 1. The van der Waals surface area contributed by atoms with Gasteiger partial charge in [-0.25, -0.2) is 4.39 Å². The lowest BCUT2D eigenvalue weighted by atomic mass is 10.3. The second kappa shape index (κ2) is 6.47. The zero-order valence-corrected chi connectivity index (χ0v) is 11.4. The van der Waals surface area contributed by atoms with Crippen LogP contribution in [0.1, 0.15) is 6.92 Å². The molecule has 1 fully saturated rings. The normalized spacial score (nSPS) is 16.0. The molecule has 108 valence electrons. The first kappa shape index (κ1) is 14.5. The lowest BCUT2D eigenvalue weighted by molar-refractivity contribution is -0.144. The van der Waals surface area contributed by atoms with Crippen LogP contribution in [0, 0.1) is 5.82 Å². The van der Waals surface area contributed by atoms with Gasteiger partial charge in [0, 0.05) is 31.9 Å². The van der Waals surface area contributed by atoms with E-state index in [-0.39, 0.29) is 5.82 Å². The number of nitrogens with one attached hydrogen (secondary N) is 1. The molecule has 0 radical (unpaired) electrons. The first-order chi connectivity index (χ1) is 9.60. The topological polar surface area (TPSA) is 52.7 Å². The molecule has 5 nitrogen and oxygen atoms in total. The maximum Gasteiger partial charge on any atom is 0.313 e. The monoisotopic (exact) mass is 279 g/mol. The van der Waals surface area contributed by atoms with E-state index in [1.807, 2.05) is 0 Å². The molecule has 1 aromatic carbocycles. The average molecular weight is 279 g/mol. The van der Waals surface area contributed by atoms with Gasteiger partial charge in [-0.15, -0.1) is 0 Å². The van der Waals surface area contributed by atoms with Crippen LogP contribution in [0.25, 0.3) is 0 Å². The molecule has 0 atom stereocenters. The Kier molecular flexibility index (Phi) is 4.68. The van der Waals surface area contributed by atoms with Crippen LogP contribution >= 0.6 is 0 Å². The van der Waals surface area contributed by atoms with Crippen LogP contribution in [0.15, 0.2) is 24.3 Å². The number of amides is 2. The van der Waals surface area contributed by atoms with E-state index < -0.39 is 11.8 Å². The fourth-order valence-electron chi connectivity index (χ4n) is 2.13. The minimum absolute atomic E-state index is 0.384. The van der Waals surface area contributed by atoms with Crippen molar-refractivity contribution < 1.29 is 14.0 Å². The molecule has 1 aromatic rings. The van der Waals surface area contributed by atoms with Crippen molar-refractivity contribution in [3.05, 3.63) is 30.1 Å². The summed E-state index contributed by atoms with van der Waals surface area (Å²) in [6.07, 6.45) is 0. The van der Waals surface area contributed by atoms with Crippen molar-refractivity contribution in [2.45, 2.75) is 6.92 Å². The number of hydrogen-bond donors (Lipinski definition) is 1. The summed E-state index contributed by atoms with van der Waals surface area (Å²) in [4.78, 5) is 27.6. The van der Waals surface area contributed by atoms with Crippen molar-refractivity contribution in [1.29, 1.82) is 0 Å². The van der Waals surface area contributed by atoms with Gasteiger partial charge in [-0.2, -0.15) is 0 Å². The Morgan fingerprint density at radius 2 is 1.75 bits per heavy atom. The molecule has 0 saturated carbocycles. The minimum Gasteiger partial charge on any atom is -0.332 e. The highest BCUT2D eigenvalue weighted by atomic mass is 19.1. The van der Waals surface area contributed by atoms with E-state index in [2.05, 4.69) is 17.1 Å². The van der Waals surface area contributed by atoms with Crippen molar-refractivity contribution >= 4 is 17.5 Å². The van der Waals surface area contributed by atoms with Crippen molar-refractivity contribution in [3.8, 4) is 0 Å². The molecule has 20 heavy (non-hydrogen) atoms. The highest BCUT2D eigenvalue weighted by Crippen LogP contribution is 2.09. The van der Waals surface area contributed by atoms with Crippen LogP contribution in [0.4, 0.5) is 10.1 Å². The van der Waals surface area contributed by atoms with Gasteiger partial charge in [0.05, 0.1) is 0 Å². The molecule has 0 unspecified atom stereocenters. The van der Waals surface area contributed by atoms with Crippen LogP contribution < -0.4 is 5.32 Å². The molecule has 0 aromatic heterocycles. The van der Waals surface area contributed by atoms with Crippen LogP contribution in [0.3, 0.4) is 0 Å². The van der Waals surface area contributed by atoms with Gasteiger partial charge in [0.1, 0.15) is 5.82 Å². The number of carbonyl (C=O) groups excluding carboxylic acids is 2. The number of nitrogens with zero attached hydrogens (tertiary/aromatic N) is 2. The SMILES string of the molecule is CCN1CCN(C(=O)C(=O)Nc2ccc(F)cc2)CC1. The zero-order valence-electron chi connectivity index (χ0n) is 11.4. The molecular formula is C14H18FN3O2. The van der Waals surface area contributed by atoms with Gasteiger partial charge in [0.2, 0.25) is 0 Å². The lowest BCUT2D eigenvalue weighted by Gasteiger charge is -2.33. The first-order valence-corrected chi connectivity index (χ1v) is 6.68. The van der Waals surface area contributed by atoms with Gasteiger partial charge in [0.15, 0.2) is 0 Å². The Hall–Kier alpha value is -1.95. The summed E-state index contributed by atoms with van der Waals surface area (Å²) in [7, 11) is 0. The molecule has 2 amide bonds. The Morgan fingerprint density at radius 1 is 1.15 bits per heavy atom. The second-order valence-corrected chi connectivity index (χ2v) is 4.69. The van der Waals surface area contributed by atoms with Crippen LogP contribution in [0.2, 0.25) is 0 Å². The van der Waals surface area contributed by atoms with Crippen molar-refractivity contribution in [3.63, 3.8) is 0 Å². The number of rotatable bonds is 2. The number of hydrogen-bond acceptors (Lipinski definition) is 3. The predicted molar refractivity (Wildman–Crippen MR) is 73.7 cm³/mol. The van der Waals surface area contributed by atoms with Crippen molar-refractivity contribution in [2.75, 3.05) is 38.0 Å². The number of carbonyl (C=O) groups is 2. The second-order valence-electron chi connectivity index (χ2n) is 4.69. The third-order valence-corrected chi connectivity index (χ3v) is 3.40. The Bertz CT molecular complexity index is 482. The summed E-state index contributed by atoms with van der Waals surface area (Å²) in [6.45, 7) is 5.70. The van der Waals surface area contributed by atoms with Gasteiger partial charge >= 0.3 is 11.8 Å². The fraction of sp³-hybridized carbons (Fsp3) is 0.429. The molecule has 1 aliphatic heterocycles. The van der Waals surface area contributed by atoms with Gasteiger partial charge < -0.3 is 15.1 Å². The van der Waals surface area contributed by atoms with Gasteiger partial charge in [-0.1, -0.05) is 6.92 Å². The molecule has 1 aliphatic rings. The molecule has 6 heteroatoms. The number of anilines is 1. The van der Waals surface area contributed by atoms with E-state index in [0.29, 0.717) is 18.8 Å². The Morgan fingerprint density at radius 3 is 2.30 bits per heavy atom. The maximum absolute atomic E-state index is 12.8. The average Bonchev–Trinajstić information content (AvgIpc) is 2.49. The number of halogens is 1. The Balaban J connectivity index is 1.89. The molecule has 0 bridgehead atoms. The molecule has 0 spiro atoms. The van der Waals surface area contributed by atoms with Crippen LogP contribution in [0.5, 0.6) is 0 Å². The molecule has 1 N–H and O–H groups in total. The lowest BCUT2D eigenvalue weighted by Crippen LogP contribution is -2.51. The van der Waals surface area contributed by atoms with Crippen molar-refractivity contribution in [2.24, 2.45) is 0 Å². The van der Waals surface area contributed by atoms with Gasteiger partial charge in [-0.05, 0) is 30.8 Å². The van der Waals surface area contributed by atoms with E-state index in [9.17, 15) is 14.0 Å². The van der Waals surface area contributed by atoms with E-state index in [1.54, 1.807) is 4.90 Å². The summed E-state index contributed by atoms with van der Waals surface area (Å²) in [5, 5.41) is 2.48. The molecule has 0 aliphatic carbocycles. The third-order valence-electron chi connectivity index (χ3n) is 3.40. The molecular weight excluding hydrogens is 261 g/mol. The van der Waals surface area contributed by atoms with Crippen LogP contribution in [-0.2, 0) is 9.59 Å². The summed E-state index contributed by atoms with van der Waals surface area (Å²) >= 11 is 0. The fourth-order valence-corrected chi connectivity index (χ4v) is 2.13. The number of benzene rings is 1. The molecule has 1 saturated heterocycles. The summed E-state index contributed by atoms with van der Waals surface area (Å²) in [5.74, 6) is -1.60. The van der Waals surface area contributed by atoms with Gasteiger partial charge in [-0.3, -0.25) is 9.59 Å². The van der Waals surface area contributed by atoms with E-state index >= 15 is 0 Å². The van der Waals surface area contributed by atoms with Gasteiger partial charge in [0.25, 0.3) is 0 Å². The summed E-state index contributed by atoms with van der Waals surface area (Å²) in [6, 6.07) is 5.32. The first-order valence-electron chi connectivity index (χ1n) is 6.68. The quantitative estimate of drug-likeness (QED) is 0.819. The number of piperazine rings is 1. The van der Waals surface area contributed by atoms with E-state index in [0.717, 1.165) is 19.6 Å². The molecule has 2 rings (SSSR count). The van der Waals surface area contributed by atoms with E-state index in [1.165, 1.54) is 24.3 Å². The summed E-state index contributed by atoms with van der Waals surface area (Å²) < 4.78 is 12.8. The van der Waals surface area contributed by atoms with Crippen molar-refractivity contribution in [1.82, 2.24) is 9.80 Å². The highest BCUT2D eigenvalue weighted by Gasteiger charge is 2.25. The minimum atomic E-state index is -0.679. The van der Waals surface area contributed by atoms with Crippen LogP contribution in [-0.4, -0.2) is 54.3 Å². The van der Waals surface area contributed by atoms with E-state index in [4.69, 9.17) is 0 Å². The smallest absolute Gasteiger partial charge is 0.313 e. The molecule has 1 heterocycles. The highest BCUT2D eigenvalue weighted by molar-refractivity contribution is 6.39. The maximum atomic E-state index is 12.8. The summed E-state index contributed by atoms with van der Waals surface area (Å²) in [5.41, 5.74) is 0.414. The predicted octanol–water partition coefficient (Wildman–Crippen LogP) is 0.928. The zero-order chi connectivity index (χ0) is 14.5. The third kappa shape index (κ3) is 3.54.